The first-order valence-electron chi connectivity index (χ1n) is 7.89. The average molecular weight is 307 g/mol. The van der Waals surface area contributed by atoms with Crippen LogP contribution in [-0.4, -0.2) is 36.5 Å². The largest absolute Gasteiger partial charge is 0.514 e. The van der Waals surface area contributed by atoms with Gasteiger partial charge in [0.1, 0.15) is 0 Å². The summed E-state index contributed by atoms with van der Waals surface area (Å²) in [5.74, 6) is -0.166. The van der Waals surface area contributed by atoms with Crippen LogP contribution in [0.5, 0.6) is 0 Å². The van der Waals surface area contributed by atoms with Gasteiger partial charge in [-0.25, -0.2) is 4.98 Å². The Morgan fingerprint density at radius 1 is 1.09 bits per heavy atom. The van der Waals surface area contributed by atoms with E-state index >= 15 is 0 Å². The maximum atomic E-state index is 14.0. The fourth-order valence-electron chi connectivity index (χ4n) is 2.89. The fourth-order valence-corrected chi connectivity index (χ4v) is 2.89. The van der Waals surface area contributed by atoms with E-state index in [4.69, 9.17) is 14.0 Å². The molecule has 0 aromatic carbocycles. The third-order valence-electron chi connectivity index (χ3n) is 5.02. The highest BCUT2D eigenvalue weighted by Crippen LogP contribution is 2.36. The molecule has 2 aliphatic heterocycles. The van der Waals surface area contributed by atoms with Crippen LogP contribution in [0, 0.1) is 5.95 Å². The maximum absolute atomic E-state index is 14.0. The quantitative estimate of drug-likeness (QED) is 0.621. The predicted molar refractivity (Wildman–Crippen MR) is 82.7 cm³/mol. The number of hydrogen-bond donors (Lipinski definition) is 0. The summed E-state index contributed by atoms with van der Waals surface area (Å²) in [5.41, 5.74) is 0.565. The maximum Gasteiger partial charge on any atom is 0.514 e. The molecule has 0 bridgehead atoms. The molecule has 0 aliphatic carbocycles. The van der Waals surface area contributed by atoms with Gasteiger partial charge in [0.25, 0.3) is 0 Å². The minimum atomic E-state index is -0.626. The Morgan fingerprint density at radius 2 is 1.68 bits per heavy atom. The number of rotatable bonds is 2. The van der Waals surface area contributed by atoms with E-state index in [1.807, 2.05) is 33.8 Å². The van der Waals surface area contributed by atoms with Crippen molar-refractivity contribution in [2.45, 2.75) is 57.7 Å². The van der Waals surface area contributed by atoms with Gasteiger partial charge in [-0.3, -0.25) is 0 Å². The molecule has 0 atom stereocenters. The topological polar surface area (TPSA) is 40.6 Å². The van der Waals surface area contributed by atoms with Crippen LogP contribution >= 0.6 is 0 Å². The molecule has 0 N–H and O–H groups in total. The van der Waals surface area contributed by atoms with Gasteiger partial charge in [0.05, 0.1) is 16.8 Å². The normalized spacial score (nSPS) is 24.7. The number of aromatic nitrogens is 1. The molecule has 0 radical (unpaired) electrons. The van der Waals surface area contributed by atoms with E-state index in [-0.39, 0.29) is 0 Å². The summed E-state index contributed by atoms with van der Waals surface area (Å²) in [5, 5.41) is 0. The van der Waals surface area contributed by atoms with Gasteiger partial charge in [-0.1, -0.05) is 0 Å². The molecule has 1 aromatic rings. The zero-order valence-electron chi connectivity index (χ0n) is 13.7. The summed E-state index contributed by atoms with van der Waals surface area (Å²) in [4.78, 5) is 3.99. The van der Waals surface area contributed by atoms with Crippen molar-refractivity contribution in [2.24, 2.45) is 0 Å². The molecule has 3 rings (SSSR count). The summed E-state index contributed by atoms with van der Waals surface area (Å²) >= 11 is 0. The van der Waals surface area contributed by atoms with E-state index in [0.717, 1.165) is 31.6 Å². The summed E-state index contributed by atoms with van der Waals surface area (Å²) in [6, 6.07) is 3.44. The highest BCUT2D eigenvalue weighted by Gasteiger charge is 2.52. The van der Waals surface area contributed by atoms with Crippen molar-refractivity contribution in [3.63, 3.8) is 0 Å². The molecule has 3 heterocycles. The highest BCUT2D eigenvalue weighted by atomic mass is 19.1. The monoisotopic (exact) mass is 307 g/mol. The van der Waals surface area contributed by atoms with Gasteiger partial charge < -0.3 is 14.0 Å². The summed E-state index contributed by atoms with van der Waals surface area (Å²) < 4.78 is 31.3. The van der Waals surface area contributed by atoms with E-state index in [2.05, 4.69) is 4.98 Å². The lowest BCUT2D eigenvalue weighted by Crippen LogP contribution is -2.41. The van der Waals surface area contributed by atoms with Crippen molar-refractivity contribution in [1.29, 1.82) is 0 Å². The van der Waals surface area contributed by atoms with Crippen LogP contribution in [0.3, 0.4) is 0 Å². The van der Waals surface area contributed by atoms with Gasteiger partial charge in [-0.15, -0.1) is 0 Å². The van der Waals surface area contributed by atoms with Gasteiger partial charge >= 0.3 is 7.12 Å². The highest BCUT2D eigenvalue weighted by molar-refractivity contribution is 6.61. The molecular formula is C16H23BFNO3. The summed E-state index contributed by atoms with van der Waals surface area (Å²) in [6.07, 6.45) is 1.82. The number of pyridine rings is 1. The Kier molecular flexibility index (Phi) is 4.04. The third-order valence-corrected chi connectivity index (χ3v) is 5.02. The summed E-state index contributed by atoms with van der Waals surface area (Å²) in [7, 11) is -0.626. The number of ether oxygens (including phenoxy) is 1. The molecular weight excluding hydrogens is 284 g/mol. The van der Waals surface area contributed by atoms with Gasteiger partial charge in [-0.2, -0.15) is 4.39 Å². The molecule has 4 nitrogen and oxygen atoms in total. The van der Waals surface area contributed by atoms with E-state index in [1.54, 1.807) is 0 Å². The van der Waals surface area contributed by atoms with E-state index in [1.165, 1.54) is 6.07 Å². The minimum absolute atomic E-state index is 0.312. The molecule has 0 saturated carbocycles. The lowest BCUT2D eigenvalue weighted by Gasteiger charge is -2.32. The third kappa shape index (κ3) is 2.92. The Bertz CT molecular complexity index is 542. The fraction of sp³-hybridized carbons (Fsp3) is 0.688. The van der Waals surface area contributed by atoms with Crippen molar-refractivity contribution >= 4 is 12.7 Å². The van der Waals surface area contributed by atoms with Crippen molar-refractivity contribution < 1.29 is 18.4 Å². The molecule has 120 valence electrons. The van der Waals surface area contributed by atoms with E-state index < -0.39 is 24.3 Å². The second kappa shape index (κ2) is 5.58. The van der Waals surface area contributed by atoms with Crippen LogP contribution in [0.1, 0.15) is 52.0 Å². The Morgan fingerprint density at radius 3 is 2.27 bits per heavy atom. The van der Waals surface area contributed by atoms with E-state index in [9.17, 15) is 4.39 Å². The SMILES string of the molecule is CC1(C)OB(c2cc(C3CCOCC3)cc(F)n2)OC1(C)C. The second-order valence-corrected chi connectivity index (χ2v) is 7.12. The van der Waals surface area contributed by atoms with Crippen LogP contribution in [0.15, 0.2) is 12.1 Å². The van der Waals surface area contributed by atoms with Crippen LogP contribution < -0.4 is 5.59 Å². The number of halogens is 1. The first-order chi connectivity index (χ1) is 10.3. The Labute approximate surface area is 131 Å². The molecule has 0 spiro atoms. The lowest BCUT2D eigenvalue weighted by atomic mass is 9.81. The molecule has 22 heavy (non-hydrogen) atoms. The Hall–Kier alpha value is -0.975. The van der Waals surface area contributed by atoms with Crippen LogP contribution in [0.2, 0.25) is 0 Å². The van der Waals surface area contributed by atoms with E-state index in [0.29, 0.717) is 11.5 Å². The smallest absolute Gasteiger partial charge is 0.398 e. The zero-order chi connectivity index (χ0) is 16.0. The zero-order valence-corrected chi connectivity index (χ0v) is 13.7. The van der Waals surface area contributed by atoms with Crippen LogP contribution in [0.4, 0.5) is 4.39 Å². The van der Waals surface area contributed by atoms with Crippen molar-refractivity contribution in [3.8, 4) is 0 Å². The molecule has 1 aromatic heterocycles. The van der Waals surface area contributed by atoms with Crippen molar-refractivity contribution in [3.05, 3.63) is 23.6 Å². The van der Waals surface area contributed by atoms with Gasteiger partial charge in [0.15, 0.2) is 0 Å². The Balaban J connectivity index is 1.87. The minimum Gasteiger partial charge on any atom is -0.398 e. The first kappa shape index (κ1) is 15.9. The number of nitrogens with zero attached hydrogens (tertiary/aromatic N) is 1. The van der Waals surface area contributed by atoms with Crippen molar-refractivity contribution in [2.75, 3.05) is 13.2 Å². The predicted octanol–water partition coefficient (Wildman–Crippen LogP) is 2.41. The number of hydrogen-bond acceptors (Lipinski definition) is 4. The lowest BCUT2D eigenvalue weighted by molar-refractivity contribution is 0.00578. The van der Waals surface area contributed by atoms with Gasteiger partial charge in [-0.05, 0) is 64.2 Å². The molecule has 6 heteroatoms. The van der Waals surface area contributed by atoms with Crippen LogP contribution in [0.25, 0.3) is 0 Å². The molecule has 2 saturated heterocycles. The average Bonchev–Trinajstić information content (AvgIpc) is 2.68. The standard InChI is InChI=1S/C16H23BFNO3/c1-15(2)16(3,4)22-17(21-15)13-9-12(10-14(18)19-13)11-5-7-20-8-6-11/h9-11H,5-8H2,1-4H3. The van der Waals surface area contributed by atoms with Gasteiger partial charge in [0.2, 0.25) is 5.95 Å². The van der Waals surface area contributed by atoms with Crippen LogP contribution in [-0.2, 0) is 14.0 Å². The summed E-state index contributed by atoms with van der Waals surface area (Å²) in [6.45, 7) is 9.36. The molecule has 0 amide bonds. The van der Waals surface area contributed by atoms with Gasteiger partial charge in [0, 0.05) is 13.2 Å². The molecule has 2 fully saturated rings. The second-order valence-electron chi connectivity index (χ2n) is 7.12. The first-order valence-corrected chi connectivity index (χ1v) is 7.89. The molecule has 2 aliphatic rings. The molecule has 0 unspecified atom stereocenters. The van der Waals surface area contributed by atoms with Crippen molar-refractivity contribution in [1.82, 2.24) is 4.98 Å².